The topological polar surface area (TPSA) is 69.7 Å². The van der Waals surface area contributed by atoms with Crippen LogP contribution in [0.4, 0.5) is 4.39 Å². The van der Waals surface area contributed by atoms with Crippen LogP contribution in [0.2, 0.25) is 0 Å². The van der Waals surface area contributed by atoms with Crippen LogP contribution in [-0.4, -0.2) is 53.7 Å². The zero-order chi connectivity index (χ0) is 16.3. The molecule has 0 aromatic rings. The molecule has 0 radical (unpaired) electrons. The molecule has 3 saturated heterocycles. The van der Waals surface area contributed by atoms with Crippen LogP contribution in [0, 0.1) is 0 Å². The van der Waals surface area contributed by atoms with E-state index in [-0.39, 0.29) is 83.2 Å². The summed E-state index contributed by atoms with van der Waals surface area (Å²) in [5.74, 6) is -1.22. The molecule has 1 atom stereocenters. The first-order valence-corrected chi connectivity index (χ1v) is 7.49. The molecular formula is C15H26ClFKNO4. The van der Waals surface area contributed by atoms with Gasteiger partial charge in [0.15, 0.2) is 17.5 Å². The molecule has 23 heavy (non-hydrogen) atoms. The molecule has 0 aliphatic carbocycles. The maximum Gasteiger partial charge on any atom is 1.00 e. The summed E-state index contributed by atoms with van der Waals surface area (Å²) in [6.45, 7) is 8.09. The molecule has 0 N–H and O–H groups in total. The number of esters is 1. The molecule has 3 heterocycles. The zero-order valence-electron chi connectivity index (χ0n) is 14.7. The number of hydrogen-bond acceptors (Lipinski definition) is 5. The van der Waals surface area contributed by atoms with E-state index >= 15 is 0 Å². The molecule has 0 spiro atoms. The van der Waals surface area contributed by atoms with Crippen LogP contribution in [0.25, 0.3) is 0 Å². The Morgan fingerprint density at radius 2 is 1.83 bits per heavy atom. The van der Waals surface area contributed by atoms with Gasteiger partial charge in [-0.1, -0.05) is 27.2 Å². The smallest absolute Gasteiger partial charge is 0.850 e. The molecule has 3 aliphatic heterocycles. The Balaban J connectivity index is 0. The van der Waals surface area contributed by atoms with Gasteiger partial charge in [0.05, 0.1) is 6.61 Å². The minimum atomic E-state index is -1.79. The van der Waals surface area contributed by atoms with E-state index in [2.05, 4.69) is 0 Å². The Hall–Kier alpha value is 0.916. The number of fused-ring (bicyclic) bond motifs is 3. The van der Waals surface area contributed by atoms with Crippen molar-refractivity contribution < 1.29 is 75.2 Å². The van der Waals surface area contributed by atoms with Gasteiger partial charge < -0.3 is 9.84 Å². The van der Waals surface area contributed by atoms with Gasteiger partial charge in [-0.2, -0.15) is 0 Å². The van der Waals surface area contributed by atoms with Crippen LogP contribution in [-0.2, 0) is 14.3 Å². The molecule has 0 amide bonds. The third-order valence-corrected chi connectivity index (χ3v) is 4.01. The summed E-state index contributed by atoms with van der Waals surface area (Å²) in [6.07, 6.45) is 1.14. The van der Waals surface area contributed by atoms with Gasteiger partial charge in [-0.05, 0) is 6.92 Å². The Labute approximate surface area is 186 Å². The summed E-state index contributed by atoms with van der Waals surface area (Å²) in [6, 6.07) is -1.00. The summed E-state index contributed by atoms with van der Waals surface area (Å²) in [4.78, 5) is 24.9. The van der Waals surface area contributed by atoms with Gasteiger partial charge in [-0.25, -0.2) is 9.18 Å². The molecule has 8 heteroatoms. The average molecular weight is 378 g/mol. The number of rotatable bonds is 3. The van der Waals surface area contributed by atoms with Gasteiger partial charge in [0.25, 0.3) is 0 Å². The van der Waals surface area contributed by atoms with Gasteiger partial charge >= 0.3 is 57.4 Å². The van der Waals surface area contributed by atoms with Gasteiger partial charge in [-0.15, -0.1) is 18.0 Å². The van der Waals surface area contributed by atoms with E-state index in [0.29, 0.717) is 19.5 Å². The Morgan fingerprint density at radius 3 is 2.17 bits per heavy atom. The third kappa shape index (κ3) is 7.36. The quantitative estimate of drug-likeness (QED) is 0.332. The number of ketones is 1. The number of halogens is 2. The molecule has 0 saturated carbocycles. The van der Waals surface area contributed by atoms with E-state index in [0.717, 1.165) is 0 Å². The summed E-state index contributed by atoms with van der Waals surface area (Å²) < 4.78 is 18.8. The first-order chi connectivity index (χ1) is 9.64. The van der Waals surface area contributed by atoms with Crippen LogP contribution in [0.15, 0.2) is 0 Å². The van der Waals surface area contributed by atoms with Crippen molar-refractivity contribution >= 4 is 24.2 Å². The van der Waals surface area contributed by atoms with Crippen LogP contribution in [0.1, 0.15) is 47.0 Å². The third-order valence-electron chi connectivity index (χ3n) is 4.01. The van der Waals surface area contributed by atoms with E-state index in [1.54, 1.807) is 25.7 Å². The zero-order valence-corrected chi connectivity index (χ0v) is 18.6. The normalized spacial score (nSPS) is 28.7. The van der Waals surface area contributed by atoms with Crippen molar-refractivity contribution in [2.24, 2.45) is 0 Å². The van der Waals surface area contributed by atoms with Gasteiger partial charge in [0, 0.05) is 25.9 Å². The van der Waals surface area contributed by atoms with Crippen molar-refractivity contribution in [3.8, 4) is 0 Å². The summed E-state index contributed by atoms with van der Waals surface area (Å²) in [5.41, 5.74) is -2.49. The van der Waals surface area contributed by atoms with E-state index < -0.39 is 29.1 Å². The predicted octanol–water partition coefficient (Wildman–Crippen LogP) is -1.73. The number of carbonyl (C=O) groups is 2. The first-order valence-electron chi connectivity index (χ1n) is 7.49. The molecule has 2 bridgehead atoms. The molecule has 1 unspecified atom stereocenters. The molecule has 3 aliphatic rings. The molecular weight excluding hydrogens is 352 g/mol. The van der Waals surface area contributed by atoms with Crippen molar-refractivity contribution in [1.82, 2.24) is 4.90 Å². The van der Waals surface area contributed by atoms with Crippen LogP contribution in [0.5, 0.6) is 0 Å². The predicted molar refractivity (Wildman–Crippen MR) is 81.7 cm³/mol. The van der Waals surface area contributed by atoms with E-state index in [9.17, 15) is 19.1 Å². The molecule has 3 fully saturated rings. The Bertz CT molecular complexity index is 395. The second kappa shape index (κ2) is 10.8. The van der Waals surface area contributed by atoms with Gasteiger partial charge in [0.1, 0.15) is 0 Å². The minimum Gasteiger partial charge on any atom is -0.850 e. The number of piperidine rings is 3. The molecule has 3 rings (SSSR count). The number of Topliss-reactive ketones (excluding diaryl/α,β-unsaturated/α-hetero) is 1. The average Bonchev–Trinajstić information content (AvgIpc) is 2.41. The number of carbonyl (C=O) groups excluding carboxylic acids is 2. The van der Waals surface area contributed by atoms with Gasteiger partial charge in [-0.3, -0.25) is 9.69 Å². The molecule has 130 valence electrons. The maximum atomic E-state index is 14.0. The van der Waals surface area contributed by atoms with Crippen molar-refractivity contribution in [3.63, 3.8) is 0 Å². The minimum absolute atomic E-state index is 0. The molecule has 5 nitrogen and oxygen atoms in total. The van der Waals surface area contributed by atoms with Crippen LogP contribution in [0.3, 0.4) is 0 Å². The van der Waals surface area contributed by atoms with Crippen molar-refractivity contribution in [2.45, 2.75) is 64.3 Å². The Morgan fingerprint density at radius 1 is 1.39 bits per heavy atom. The first kappa shape index (κ1) is 26.1. The fourth-order valence-electron chi connectivity index (χ4n) is 2.27. The summed E-state index contributed by atoms with van der Waals surface area (Å²) in [7, 11) is 0. The SMILES string of the molecule is CCC(C)(C)[O-].CCOC(=O)C1C(=O)C2(F)CCN1CC2.Cl.[K+]. The second-order valence-corrected chi connectivity index (χ2v) is 6.13. The summed E-state index contributed by atoms with van der Waals surface area (Å²) in [5, 5.41) is 10.5. The number of nitrogens with zero attached hydrogens (tertiary/aromatic N) is 1. The fraction of sp³-hybridized carbons (Fsp3) is 0.867. The maximum absolute atomic E-state index is 14.0. The van der Waals surface area contributed by atoms with E-state index in [1.807, 2.05) is 6.92 Å². The van der Waals surface area contributed by atoms with E-state index in [4.69, 9.17) is 4.74 Å². The molecule has 0 aromatic heterocycles. The van der Waals surface area contributed by atoms with Crippen LogP contribution >= 0.6 is 12.4 Å². The van der Waals surface area contributed by atoms with Crippen molar-refractivity contribution in [2.75, 3.05) is 19.7 Å². The second-order valence-electron chi connectivity index (χ2n) is 6.13. The molecule has 0 aromatic carbocycles. The largest absolute Gasteiger partial charge is 1.00 e. The van der Waals surface area contributed by atoms with Gasteiger partial charge in [0.2, 0.25) is 0 Å². The Kier molecular flexibility index (Phi) is 12.3. The van der Waals surface area contributed by atoms with E-state index in [1.165, 1.54) is 0 Å². The van der Waals surface area contributed by atoms with Crippen LogP contribution < -0.4 is 56.5 Å². The number of hydrogen-bond donors (Lipinski definition) is 0. The number of alkyl halides is 1. The summed E-state index contributed by atoms with van der Waals surface area (Å²) >= 11 is 0. The monoisotopic (exact) mass is 377 g/mol. The number of ether oxygens (including phenoxy) is 1. The standard InChI is InChI=1S/C10H14FNO3.C5H11O.ClH.K/c1-2-15-9(14)7-8(13)10(11)3-5-12(7)6-4-10;1-4-5(2,3)6;;/h7H,2-6H2,1H3;4H2,1-3H3;1H;/q;-1;;+1. The fourth-order valence-corrected chi connectivity index (χ4v) is 2.27. The van der Waals surface area contributed by atoms with Crippen molar-refractivity contribution in [1.29, 1.82) is 0 Å². The van der Waals surface area contributed by atoms with Crippen molar-refractivity contribution in [3.05, 3.63) is 0 Å².